The van der Waals surface area contributed by atoms with Crippen molar-refractivity contribution in [1.82, 2.24) is 34.2 Å². The summed E-state index contributed by atoms with van der Waals surface area (Å²) in [5, 5.41) is 2.93. The van der Waals surface area contributed by atoms with Gasteiger partial charge in [-0.25, -0.2) is 15.0 Å². The van der Waals surface area contributed by atoms with E-state index in [-0.39, 0.29) is 5.91 Å². The molecule has 5 heterocycles. The average Bonchev–Trinajstić information content (AvgIpc) is 3.44. The Balaban J connectivity index is 1.49. The first kappa shape index (κ1) is 17.7. The van der Waals surface area contributed by atoms with Crippen LogP contribution in [0.15, 0.2) is 85.8 Å². The number of hydrogen-bond donors (Lipinski definition) is 1. The van der Waals surface area contributed by atoms with Gasteiger partial charge in [0.05, 0.1) is 5.52 Å². The summed E-state index contributed by atoms with van der Waals surface area (Å²) >= 11 is 0. The van der Waals surface area contributed by atoms with Gasteiger partial charge in [0.25, 0.3) is 5.91 Å². The molecule has 0 radical (unpaired) electrons. The van der Waals surface area contributed by atoms with Crippen LogP contribution < -0.4 is 5.32 Å². The second-order valence-corrected chi connectivity index (χ2v) is 6.63. The van der Waals surface area contributed by atoms with Gasteiger partial charge in [-0.1, -0.05) is 12.1 Å². The molecule has 0 aliphatic carbocycles. The number of amides is 1. The highest BCUT2D eigenvalue weighted by molar-refractivity contribution is 5.99. The molecule has 0 aliphatic rings. The van der Waals surface area contributed by atoms with Crippen molar-refractivity contribution in [2.45, 2.75) is 6.54 Å². The van der Waals surface area contributed by atoms with Gasteiger partial charge in [-0.3, -0.25) is 18.7 Å². The van der Waals surface area contributed by atoms with Gasteiger partial charge in [-0.15, -0.1) is 0 Å². The van der Waals surface area contributed by atoms with E-state index in [2.05, 4.69) is 25.3 Å². The number of fused-ring (bicyclic) bond motifs is 1. The van der Waals surface area contributed by atoms with Crippen LogP contribution in [-0.2, 0) is 6.54 Å². The first-order valence-electron chi connectivity index (χ1n) is 9.39. The molecule has 8 nitrogen and oxygen atoms in total. The van der Waals surface area contributed by atoms with Crippen LogP contribution in [0.4, 0.5) is 0 Å². The lowest BCUT2D eigenvalue weighted by atomic mass is 10.2. The molecule has 8 heteroatoms. The molecule has 5 rings (SSSR count). The molecule has 5 aromatic heterocycles. The Morgan fingerprint density at radius 3 is 2.67 bits per heavy atom. The number of rotatable bonds is 5. The molecule has 0 atom stereocenters. The lowest BCUT2D eigenvalue weighted by Gasteiger charge is -2.03. The maximum Gasteiger partial charge on any atom is 0.272 e. The first-order chi connectivity index (χ1) is 14.8. The van der Waals surface area contributed by atoms with Gasteiger partial charge in [-0.2, -0.15) is 0 Å². The highest BCUT2D eigenvalue weighted by atomic mass is 16.1. The van der Waals surface area contributed by atoms with Crippen molar-refractivity contribution in [3.63, 3.8) is 0 Å². The summed E-state index contributed by atoms with van der Waals surface area (Å²) in [5.74, 6) is 1.10. The average molecular weight is 395 g/mol. The van der Waals surface area contributed by atoms with Crippen molar-refractivity contribution < 1.29 is 4.79 Å². The summed E-state index contributed by atoms with van der Waals surface area (Å²) in [6.07, 6.45) is 10.5. The Morgan fingerprint density at radius 1 is 0.967 bits per heavy atom. The van der Waals surface area contributed by atoms with Crippen molar-refractivity contribution >= 4 is 11.4 Å². The molecule has 5 aromatic rings. The van der Waals surface area contributed by atoms with E-state index in [0.717, 1.165) is 11.4 Å². The number of nitrogens with zero attached hydrogens (tertiary/aromatic N) is 6. The molecule has 1 N–H and O–H groups in total. The standard InChI is InChI=1S/C22H17N7O/c30-22(25-13-16-7-10-23-11-8-16)20-18-5-2-4-12-29(18)21(27-20)17-14-28(15-26-17)19-6-1-3-9-24-19/h1-12,14-15H,13H2,(H,25,30). The molecule has 146 valence electrons. The molecule has 0 unspecified atom stereocenters. The van der Waals surface area contributed by atoms with Crippen LogP contribution in [0, 0.1) is 0 Å². The zero-order chi connectivity index (χ0) is 20.3. The van der Waals surface area contributed by atoms with Crippen molar-refractivity contribution in [2.75, 3.05) is 0 Å². The number of aromatic nitrogens is 6. The summed E-state index contributed by atoms with van der Waals surface area (Å²) in [7, 11) is 0. The van der Waals surface area contributed by atoms with Crippen molar-refractivity contribution in [3.8, 4) is 17.3 Å². The number of imidazole rings is 2. The molecule has 30 heavy (non-hydrogen) atoms. The van der Waals surface area contributed by atoms with Crippen LogP contribution in [0.3, 0.4) is 0 Å². The number of carbonyl (C=O) groups excluding carboxylic acids is 1. The van der Waals surface area contributed by atoms with E-state index >= 15 is 0 Å². The van der Waals surface area contributed by atoms with Crippen LogP contribution in [0.2, 0.25) is 0 Å². The number of hydrogen-bond acceptors (Lipinski definition) is 5. The first-order valence-corrected chi connectivity index (χ1v) is 9.39. The summed E-state index contributed by atoms with van der Waals surface area (Å²) in [6, 6.07) is 15.0. The third-order valence-corrected chi connectivity index (χ3v) is 4.69. The molecule has 0 saturated carbocycles. The predicted molar refractivity (Wildman–Crippen MR) is 111 cm³/mol. The number of pyridine rings is 3. The van der Waals surface area contributed by atoms with Crippen LogP contribution in [0.1, 0.15) is 16.1 Å². The third kappa shape index (κ3) is 3.30. The van der Waals surface area contributed by atoms with Gasteiger partial charge in [0, 0.05) is 37.5 Å². The van der Waals surface area contributed by atoms with E-state index in [0.29, 0.717) is 29.3 Å². The van der Waals surface area contributed by atoms with E-state index in [1.165, 1.54) is 0 Å². The summed E-state index contributed by atoms with van der Waals surface area (Å²) in [4.78, 5) is 30.3. The fourth-order valence-corrected chi connectivity index (χ4v) is 3.22. The topological polar surface area (TPSA) is 90.0 Å². The van der Waals surface area contributed by atoms with Gasteiger partial charge in [0.2, 0.25) is 0 Å². The molecular weight excluding hydrogens is 378 g/mol. The fraction of sp³-hybridized carbons (Fsp3) is 0.0455. The normalized spacial score (nSPS) is 10.9. The predicted octanol–water partition coefficient (Wildman–Crippen LogP) is 2.91. The number of carbonyl (C=O) groups is 1. The third-order valence-electron chi connectivity index (χ3n) is 4.69. The maximum atomic E-state index is 12.9. The van der Waals surface area contributed by atoms with Crippen LogP contribution >= 0.6 is 0 Å². The summed E-state index contributed by atoms with van der Waals surface area (Å²) in [6.45, 7) is 0.400. The Morgan fingerprint density at radius 2 is 1.83 bits per heavy atom. The quantitative estimate of drug-likeness (QED) is 0.494. The maximum absolute atomic E-state index is 12.9. The monoisotopic (exact) mass is 395 g/mol. The molecule has 1 amide bonds. The zero-order valence-electron chi connectivity index (χ0n) is 15.9. The van der Waals surface area contributed by atoms with Crippen LogP contribution in [-0.4, -0.2) is 34.8 Å². The van der Waals surface area contributed by atoms with E-state index < -0.39 is 0 Å². The lowest BCUT2D eigenvalue weighted by molar-refractivity contribution is 0.0948. The Bertz CT molecular complexity index is 1310. The van der Waals surface area contributed by atoms with E-state index in [4.69, 9.17) is 0 Å². The SMILES string of the molecule is O=C(NCc1ccncc1)c1nc(-c2cn(-c3ccccn3)cn2)n2ccccc12. The second kappa shape index (κ2) is 7.59. The minimum absolute atomic E-state index is 0.245. The molecule has 0 aliphatic heterocycles. The van der Waals surface area contributed by atoms with E-state index in [1.807, 2.05) is 69.9 Å². The van der Waals surface area contributed by atoms with Crippen molar-refractivity contribution in [1.29, 1.82) is 0 Å². The van der Waals surface area contributed by atoms with Crippen molar-refractivity contribution in [2.24, 2.45) is 0 Å². The summed E-state index contributed by atoms with van der Waals surface area (Å²) in [5.41, 5.74) is 2.69. The second-order valence-electron chi connectivity index (χ2n) is 6.63. The Hall–Kier alpha value is -4.33. The molecular formula is C22H17N7O. The highest BCUT2D eigenvalue weighted by Gasteiger charge is 2.19. The fourth-order valence-electron chi connectivity index (χ4n) is 3.22. The molecule has 0 spiro atoms. The van der Waals surface area contributed by atoms with Gasteiger partial charge in [0.1, 0.15) is 17.8 Å². The van der Waals surface area contributed by atoms with Crippen molar-refractivity contribution in [3.05, 3.63) is 97.1 Å². The van der Waals surface area contributed by atoms with Gasteiger partial charge >= 0.3 is 0 Å². The lowest BCUT2D eigenvalue weighted by Crippen LogP contribution is -2.23. The Labute approximate surface area is 171 Å². The largest absolute Gasteiger partial charge is 0.347 e. The van der Waals surface area contributed by atoms with Gasteiger partial charge in [-0.05, 0) is 42.0 Å². The minimum Gasteiger partial charge on any atom is -0.347 e. The molecule has 0 fully saturated rings. The van der Waals surface area contributed by atoms with Gasteiger partial charge in [0.15, 0.2) is 11.5 Å². The van der Waals surface area contributed by atoms with Crippen LogP contribution in [0.25, 0.3) is 22.9 Å². The minimum atomic E-state index is -0.245. The smallest absolute Gasteiger partial charge is 0.272 e. The molecule has 0 aromatic carbocycles. The highest BCUT2D eigenvalue weighted by Crippen LogP contribution is 2.22. The summed E-state index contributed by atoms with van der Waals surface area (Å²) < 4.78 is 3.69. The van der Waals surface area contributed by atoms with Crippen LogP contribution in [0.5, 0.6) is 0 Å². The molecule has 0 bridgehead atoms. The number of nitrogens with one attached hydrogen (secondary N) is 1. The Kier molecular flexibility index (Phi) is 4.49. The van der Waals surface area contributed by atoms with Gasteiger partial charge < -0.3 is 5.32 Å². The van der Waals surface area contributed by atoms with E-state index in [9.17, 15) is 4.79 Å². The molecule has 0 saturated heterocycles. The zero-order valence-corrected chi connectivity index (χ0v) is 15.9. The van der Waals surface area contributed by atoms with E-state index in [1.54, 1.807) is 24.9 Å².